The van der Waals surface area contributed by atoms with E-state index < -0.39 is 14.9 Å². The number of primary sulfonamides is 1. The Morgan fingerprint density at radius 1 is 1.27 bits per heavy atom. The molecular formula is C19H26N2O8S. The number of aliphatic hydroxyl groups is 1. The summed E-state index contributed by atoms with van der Waals surface area (Å²) in [5, 5.41) is 24.6. The standard InChI is InChI=1S/C14H16N2O5S.C5H10O3/c15-22(19,20)12-3-4-14(13(7-12)16(17)18)21-8-11-6-9-1-2-10(11)5-9;6-3-5-4-7-1-2-8-5/h1-4,7,9-11H,5-6,8H2,(H2,15,19,20);5-6H,1-4H2/t9-,10+,11?;/m0./s1. The van der Waals surface area contributed by atoms with Gasteiger partial charge in [0.15, 0.2) is 5.75 Å². The number of ether oxygens (including phenoxy) is 3. The molecule has 2 unspecified atom stereocenters. The quantitative estimate of drug-likeness (QED) is 0.379. The van der Waals surface area contributed by atoms with Gasteiger partial charge in [0.05, 0.1) is 42.9 Å². The Hall–Kier alpha value is -2.05. The minimum Gasteiger partial charge on any atom is -0.486 e. The van der Waals surface area contributed by atoms with Crippen molar-refractivity contribution in [2.24, 2.45) is 22.9 Å². The highest BCUT2D eigenvalue weighted by atomic mass is 32.2. The van der Waals surface area contributed by atoms with Gasteiger partial charge in [-0.05, 0) is 42.7 Å². The first-order valence-corrected chi connectivity index (χ1v) is 11.2. The van der Waals surface area contributed by atoms with Gasteiger partial charge in [-0.25, -0.2) is 13.6 Å². The average Bonchev–Trinajstić information content (AvgIpc) is 3.36. The largest absolute Gasteiger partial charge is 0.486 e. The smallest absolute Gasteiger partial charge is 0.312 e. The maximum absolute atomic E-state index is 11.3. The molecule has 2 fully saturated rings. The average molecular weight is 442 g/mol. The van der Waals surface area contributed by atoms with Crippen LogP contribution >= 0.6 is 0 Å². The molecule has 0 aromatic heterocycles. The summed E-state index contributed by atoms with van der Waals surface area (Å²) in [6.45, 7) is 2.28. The molecule has 3 aliphatic rings. The van der Waals surface area contributed by atoms with Crippen LogP contribution < -0.4 is 9.88 Å². The normalized spacial score (nSPS) is 27.4. The van der Waals surface area contributed by atoms with Gasteiger partial charge in [0.1, 0.15) is 6.10 Å². The molecule has 4 atom stereocenters. The highest BCUT2D eigenvalue weighted by molar-refractivity contribution is 7.89. The Bertz CT molecular complexity index is 883. The number of hydrogen-bond donors (Lipinski definition) is 2. The number of benzene rings is 1. The molecular weight excluding hydrogens is 416 g/mol. The number of sulfonamides is 1. The van der Waals surface area contributed by atoms with Crippen LogP contribution in [0.3, 0.4) is 0 Å². The summed E-state index contributed by atoms with van der Waals surface area (Å²) in [5.41, 5.74) is -0.384. The van der Waals surface area contributed by atoms with E-state index in [4.69, 9.17) is 24.5 Å². The molecule has 0 spiro atoms. The van der Waals surface area contributed by atoms with Crippen LogP contribution in [-0.4, -0.2) is 57.6 Å². The summed E-state index contributed by atoms with van der Waals surface area (Å²) in [5.74, 6) is 1.50. The Morgan fingerprint density at radius 2 is 2.07 bits per heavy atom. The van der Waals surface area contributed by atoms with Crippen LogP contribution in [0.1, 0.15) is 12.8 Å². The molecule has 1 saturated carbocycles. The topological polar surface area (TPSA) is 151 Å². The van der Waals surface area contributed by atoms with Gasteiger partial charge in [0.25, 0.3) is 0 Å². The molecule has 1 saturated heterocycles. The van der Waals surface area contributed by atoms with Crippen LogP contribution in [0.5, 0.6) is 5.75 Å². The SMILES string of the molecule is NS(=O)(=O)c1ccc(OCC2C[C@H]3C=C[C@@H]2C3)c([N+](=O)[O-])c1.OCC1COCCO1. The lowest BCUT2D eigenvalue weighted by Crippen LogP contribution is -2.31. The zero-order valence-corrected chi connectivity index (χ0v) is 17.2. The Kier molecular flexibility index (Phi) is 7.42. The van der Waals surface area contributed by atoms with E-state index in [0.717, 1.165) is 18.9 Å². The Morgan fingerprint density at radius 3 is 2.57 bits per heavy atom. The summed E-state index contributed by atoms with van der Waals surface area (Å²) in [7, 11) is -3.98. The first-order valence-electron chi connectivity index (χ1n) is 9.70. The Labute approximate surface area is 174 Å². The third kappa shape index (κ3) is 5.76. The van der Waals surface area contributed by atoms with Gasteiger partial charge in [-0.15, -0.1) is 0 Å². The monoisotopic (exact) mass is 442 g/mol. The summed E-state index contributed by atoms with van der Waals surface area (Å²) in [6.07, 6.45) is 6.47. The molecule has 1 aliphatic heterocycles. The minimum atomic E-state index is -3.98. The summed E-state index contributed by atoms with van der Waals surface area (Å²) >= 11 is 0. The number of rotatable bonds is 6. The third-order valence-electron chi connectivity index (χ3n) is 5.41. The van der Waals surface area contributed by atoms with E-state index in [9.17, 15) is 18.5 Å². The number of nitro benzene ring substituents is 1. The lowest BCUT2D eigenvalue weighted by Gasteiger charge is -2.20. The zero-order chi connectivity index (χ0) is 21.7. The predicted octanol–water partition coefficient (Wildman–Crippen LogP) is 1.23. The van der Waals surface area contributed by atoms with E-state index in [1.807, 2.05) is 0 Å². The van der Waals surface area contributed by atoms with Crippen molar-refractivity contribution in [3.8, 4) is 5.75 Å². The third-order valence-corrected chi connectivity index (χ3v) is 6.32. The molecule has 1 heterocycles. The Balaban J connectivity index is 0.000000269. The van der Waals surface area contributed by atoms with E-state index in [1.54, 1.807) is 0 Å². The number of nitro groups is 1. The van der Waals surface area contributed by atoms with E-state index in [2.05, 4.69) is 12.2 Å². The molecule has 166 valence electrons. The molecule has 30 heavy (non-hydrogen) atoms. The maximum Gasteiger partial charge on any atom is 0.312 e. The van der Waals surface area contributed by atoms with Crippen LogP contribution in [0.15, 0.2) is 35.2 Å². The van der Waals surface area contributed by atoms with Crippen LogP contribution in [-0.2, 0) is 19.5 Å². The van der Waals surface area contributed by atoms with Crippen molar-refractivity contribution in [1.29, 1.82) is 0 Å². The van der Waals surface area contributed by atoms with Crippen molar-refractivity contribution >= 4 is 15.7 Å². The van der Waals surface area contributed by atoms with Crippen molar-refractivity contribution in [3.63, 3.8) is 0 Å². The van der Waals surface area contributed by atoms with Crippen molar-refractivity contribution in [3.05, 3.63) is 40.5 Å². The van der Waals surface area contributed by atoms with Gasteiger partial charge in [0, 0.05) is 6.07 Å². The summed E-state index contributed by atoms with van der Waals surface area (Å²) < 4.78 is 38.2. The van der Waals surface area contributed by atoms with Gasteiger partial charge in [-0.3, -0.25) is 10.1 Å². The number of nitrogens with two attached hydrogens (primary N) is 1. The first kappa shape index (κ1) is 22.6. The molecule has 2 aliphatic carbocycles. The molecule has 0 radical (unpaired) electrons. The number of nitrogens with zero attached hydrogens (tertiary/aromatic N) is 1. The second-order valence-corrected chi connectivity index (χ2v) is 9.09. The van der Waals surface area contributed by atoms with E-state index in [-0.39, 0.29) is 29.0 Å². The highest BCUT2D eigenvalue weighted by Crippen LogP contribution is 2.43. The van der Waals surface area contributed by atoms with E-state index in [1.165, 1.54) is 12.1 Å². The molecule has 10 nitrogen and oxygen atoms in total. The van der Waals surface area contributed by atoms with Crippen molar-refractivity contribution in [2.75, 3.05) is 33.0 Å². The summed E-state index contributed by atoms with van der Waals surface area (Å²) in [6, 6.07) is 3.45. The number of allylic oxidation sites excluding steroid dienone is 2. The van der Waals surface area contributed by atoms with Gasteiger partial charge in [-0.1, -0.05) is 12.2 Å². The van der Waals surface area contributed by atoms with Gasteiger partial charge in [0.2, 0.25) is 10.0 Å². The number of hydrogen-bond acceptors (Lipinski definition) is 8. The number of fused-ring (bicyclic) bond motifs is 2. The summed E-state index contributed by atoms with van der Waals surface area (Å²) in [4.78, 5) is 10.1. The van der Waals surface area contributed by atoms with E-state index in [0.29, 0.717) is 44.2 Å². The fourth-order valence-electron chi connectivity index (χ4n) is 3.86. The van der Waals surface area contributed by atoms with Crippen molar-refractivity contribution < 1.29 is 32.7 Å². The second-order valence-electron chi connectivity index (χ2n) is 7.53. The lowest BCUT2D eigenvalue weighted by atomic mass is 9.95. The molecule has 4 rings (SSSR count). The van der Waals surface area contributed by atoms with Crippen LogP contribution in [0, 0.1) is 27.9 Å². The molecule has 11 heteroatoms. The van der Waals surface area contributed by atoms with Gasteiger partial charge < -0.3 is 19.3 Å². The molecule has 0 amide bonds. The first-order chi connectivity index (χ1) is 14.3. The molecule has 3 N–H and O–H groups in total. The van der Waals surface area contributed by atoms with Crippen LogP contribution in [0.25, 0.3) is 0 Å². The second kappa shape index (κ2) is 9.84. The maximum atomic E-state index is 11.3. The molecule has 1 aromatic carbocycles. The fourth-order valence-corrected chi connectivity index (χ4v) is 4.40. The fraction of sp³-hybridized carbons (Fsp3) is 0.579. The predicted molar refractivity (Wildman–Crippen MR) is 106 cm³/mol. The number of aliphatic hydroxyl groups excluding tert-OH is 1. The van der Waals surface area contributed by atoms with E-state index >= 15 is 0 Å². The highest BCUT2D eigenvalue weighted by Gasteiger charge is 2.36. The van der Waals surface area contributed by atoms with Gasteiger partial charge >= 0.3 is 5.69 Å². The molecule has 1 aromatic rings. The van der Waals surface area contributed by atoms with Crippen molar-refractivity contribution in [1.82, 2.24) is 0 Å². The lowest BCUT2D eigenvalue weighted by molar-refractivity contribution is -0.386. The van der Waals surface area contributed by atoms with Crippen LogP contribution in [0.2, 0.25) is 0 Å². The molecule has 2 bridgehead atoms. The zero-order valence-electron chi connectivity index (χ0n) is 16.4. The van der Waals surface area contributed by atoms with Crippen molar-refractivity contribution in [2.45, 2.75) is 23.8 Å². The van der Waals surface area contributed by atoms with Gasteiger partial charge in [-0.2, -0.15) is 0 Å². The van der Waals surface area contributed by atoms with Crippen LogP contribution in [0.4, 0.5) is 5.69 Å². The minimum absolute atomic E-state index is 0.0694.